The SMILES string of the molecule is CCCC(N)CC(=O)Nc1[nH]ncc1CC. The van der Waals surface area contributed by atoms with Crippen LogP contribution in [0.1, 0.15) is 38.7 Å². The highest BCUT2D eigenvalue weighted by Crippen LogP contribution is 2.11. The first-order valence-electron chi connectivity index (χ1n) is 5.75. The van der Waals surface area contributed by atoms with Crippen LogP contribution in [-0.4, -0.2) is 22.1 Å². The highest BCUT2D eigenvalue weighted by molar-refractivity contribution is 5.90. The lowest BCUT2D eigenvalue weighted by atomic mass is 10.1. The summed E-state index contributed by atoms with van der Waals surface area (Å²) in [7, 11) is 0. The predicted molar refractivity (Wildman–Crippen MR) is 64.1 cm³/mol. The molecule has 90 valence electrons. The van der Waals surface area contributed by atoms with E-state index in [0.29, 0.717) is 12.2 Å². The van der Waals surface area contributed by atoms with Crippen molar-refractivity contribution < 1.29 is 4.79 Å². The molecule has 1 heterocycles. The van der Waals surface area contributed by atoms with Gasteiger partial charge in [0.15, 0.2) is 0 Å². The van der Waals surface area contributed by atoms with Crippen molar-refractivity contribution in [2.75, 3.05) is 5.32 Å². The summed E-state index contributed by atoms with van der Waals surface area (Å²) in [5.74, 6) is 0.635. The van der Waals surface area contributed by atoms with Gasteiger partial charge in [-0.15, -0.1) is 0 Å². The number of H-pyrrole nitrogens is 1. The van der Waals surface area contributed by atoms with Gasteiger partial charge in [-0.25, -0.2) is 0 Å². The van der Waals surface area contributed by atoms with Crippen LogP contribution in [0.3, 0.4) is 0 Å². The van der Waals surface area contributed by atoms with Crippen LogP contribution in [0.15, 0.2) is 6.20 Å². The molecule has 0 saturated carbocycles. The lowest BCUT2D eigenvalue weighted by Gasteiger charge is -2.10. The normalized spacial score (nSPS) is 12.4. The van der Waals surface area contributed by atoms with E-state index in [4.69, 9.17) is 5.73 Å². The second-order valence-corrected chi connectivity index (χ2v) is 3.92. The van der Waals surface area contributed by atoms with Crippen LogP contribution in [0.4, 0.5) is 5.82 Å². The number of hydrogen-bond donors (Lipinski definition) is 3. The third-order valence-electron chi connectivity index (χ3n) is 2.47. The zero-order valence-electron chi connectivity index (χ0n) is 9.92. The molecule has 1 aromatic rings. The molecule has 1 amide bonds. The maximum absolute atomic E-state index is 11.6. The molecule has 0 radical (unpaired) electrons. The molecular weight excluding hydrogens is 204 g/mol. The minimum absolute atomic E-state index is 0.0556. The summed E-state index contributed by atoms with van der Waals surface area (Å²) in [5, 5.41) is 9.45. The molecule has 4 N–H and O–H groups in total. The summed E-state index contributed by atoms with van der Waals surface area (Å²) in [6, 6.07) is -0.0574. The Balaban J connectivity index is 2.45. The van der Waals surface area contributed by atoms with Crippen molar-refractivity contribution in [1.82, 2.24) is 10.2 Å². The fraction of sp³-hybridized carbons (Fsp3) is 0.636. The van der Waals surface area contributed by atoms with Gasteiger partial charge in [-0.05, 0) is 12.8 Å². The lowest BCUT2D eigenvalue weighted by molar-refractivity contribution is -0.116. The molecule has 0 aromatic carbocycles. The van der Waals surface area contributed by atoms with E-state index in [0.717, 1.165) is 24.8 Å². The zero-order chi connectivity index (χ0) is 12.0. The molecule has 5 heteroatoms. The maximum atomic E-state index is 11.6. The van der Waals surface area contributed by atoms with E-state index in [2.05, 4.69) is 22.4 Å². The Bertz CT molecular complexity index is 334. The Morgan fingerprint density at radius 3 is 3.00 bits per heavy atom. The Morgan fingerprint density at radius 2 is 2.38 bits per heavy atom. The number of aryl methyl sites for hydroxylation is 1. The molecule has 16 heavy (non-hydrogen) atoms. The molecule has 0 fully saturated rings. The molecule has 0 bridgehead atoms. The predicted octanol–water partition coefficient (Wildman–Crippen LogP) is 1.43. The molecule has 0 aliphatic rings. The van der Waals surface area contributed by atoms with E-state index in [1.165, 1.54) is 0 Å². The molecule has 0 aliphatic carbocycles. The average Bonchev–Trinajstić information content (AvgIpc) is 2.65. The summed E-state index contributed by atoms with van der Waals surface area (Å²) in [6.45, 7) is 4.07. The van der Waals surface area contributed by atoms with E-state index >= 15 is 0 Å². The van der Waals surface area contributed by atoms with Crippen molar-refractivity contribution in [3.05, 3.63) is 11.8 Å². The second kappa shape index (κ2) is 6.27. The third kappa shape index (κ3) is 3.66. The molecule has 1 atom stereocenters. The van der Waals surface area contributed by atoms with Gasteiger partial charge in [0.2, 0.25) is 5.91 Å². The number of hydrogen-bond acceptors (Lipinski definition) is 3. The van der Waals surface area contributed by atoms with Gasteiger partial charge in [0, 0.05) is 18.0 Å². The lowest BCUT2D eigenvalue weighted by Crippen LogP contribution is -2.27. The van der Waals surface area contributed by atoms with Crippen LogP contribution in [-0.2, 0) is 11.2 Å². The number of anilines is 1. The first-order valence-corrected chi connectivity index (χ1v) is 5.75. The number of nitrogens with one attached hydrogen (secondary N) is 2. The molecule has 0 spiro atoms. The first-order chi connectivity index (χ1) is 7.67. The van der Waals surface area contributed by atoms with Crippen LogP contribution in [0.2, 0.25) is 0 Å². The molecular formula is C11H20N4O. The Hall–Kier alpha value is -1.36. The number of nitrogens with zero attached hydrogens (tertiary/aromatic N) is 1. The highest BCUT2D eigenvalue weighted by atomic mass is 16.1. The van der Waals surface area contributed by atoms with Crippen molar-refractivity contribution in [2.24, 2.45) is 5.73 Å². The van der Waals surface area contributed by atoms with Gasteiger partial charge in [0.25, 0.3) is 0 Å². The van der Waals surface area contributed by atoms with Gasteiger partial charge in [-0.3, -0.25) is 9.89 Å². The minimum atomic E-state index is -0.0574. The van der Waals surface area contributed by atoms with Crippen molar-refractivity contribution in [3.63, 3.8) is 0 Å². The highest BCUT2D eigenvalue weighted by Gasteiger charge is 2.11. The number of amides is 1. The topological polar surface area (TPSA) is 83.8 Å². The van der Waals surface area contributed by atoms with Crippen LogP contribution >= 0.6 is 0 Å². The van der Waals surface area contributed by atoms with Crippen molar-refractivity contribution >= 4 is 11.7 Å². The molecule has 1 aromatic heterocycles. The van der Waals surface area contributed by atoms with E-state index < -0.39 is 0 Å². The van der Waals surface area contributed by atoms with Gasteiger partial charge in [-0.2, -0.15) is 5.10 Å². The van der Waals surface area contributed by atoms with E-state index in [1.807, 2.05) is 6.92 Å². The van der Waals surface area contributed by atoms with Crippen LogP contribution in [0.5, 0.6) is 0 Å². The van der Waals surface area contributed by atoms with Crippen molar-refractivity contribution in [2.45, 2.75) is 45.6 Å². The largest absolute Gasteiger partial charge is 0.327 e. The summed E-state index contributed by atoms with van der Waals surface area (Å²) in [5.41, 5.74) is 6.81. The number of carbonyl (C=O) groups is 1. The van der Waals surface area contributed by atoms with Crippen LogP contribution < -0.4 is 11.1 Å². The number of nitrogens with two attached hydrogens (primary N) is 1. The molecule has 5 nitrogen and oxygen atoms in total. The number of rotatable bonds is 6. The molecule has 0 saturated heterocycles. The van der Waals surface area contributed by atoms with Crippen LogP contribution in [0, 0.1) is 0 Å². The molecule has 1 unspecified atom stereocenters. The van der Waals surface area contributed by atoms with E-state index in [1.54, 1.807) is 6.20 Å². The van der Waals surface area contributed by atoms with Crippen molar-refractivity contribution in [1.29, 1.82) is 0 Å². The Labute approximate surface area is 95.8 Å². The molecule has 0 aliphatic heterocycles. The minimum Gasteiger partial charge on any atom is -0.327 e. The standard InChI is InChI=1S/C11H20N4O/c1-3-5-9(12)6-10(16)14-11-8(4-2)7-13-15-11/h7,9H,3-6,12H2,1-2H3,(H2,13,14,15,16). The quantitative estimate of drug-likeness (QED) is 0.683. The van der Waals surface area contributed by atoms with Gasteiger partial charge < -0.3 is 11.1 Å². The maximum Gasteiger partial charge on any atom is 0.227 e. The number of aromatic nitrogens is 2. The summed E-state index contributed by atoms with van der Waals surface area (Å²) in [6.07, 6.45) is 4.79. The zero-order valence-corrected chi connectivity index (χ0v) is 9.92. The smallest absolute Gasteiger partial charge is 0.227 e. The first kappa shape index (κ1) is 12.7. The summed E-state index contributed by atoms with van der Waals surface area (Å²) < 4.78 is 0. The fourth-order valence-corrected chi connectivity index (χ4v) is 1.59. The average molecular weight is 224 g/mol. The van der Waals surface area contributed by atoms with Crippen LogP contribution in [0.25, 0.3) is 0 Å². The second-order valence-electron chi connectivity index (χ2n) is 3.92. The Kier molecular flexibility index (Phi) is 4.98. The number of carbonyl (C=O) groups excluding carboxylic acids is 1. The van der Waals surface area contributed by atoms with Gasteiger partial charge in [0.05, 0.1) is 6.20 Å². The van der Waals surface area contributed by atoms with Gasteiger partial charge in [0.1, 0.15) is 5.82 Å². The van der Waals surface area contributed by atoms with Gasteiger partial charge >= 0.3 is 0 Å². The summed E-state index contributed by atoms with van der Waals surface area (Å²) in [4.78, 5) is 11.6. The third-order valence-corrected chi connectivity index (χ3v) is 2.47. The Morgan fingerprint density at radius 1 is 1.62 bits per heavy atom. The van der Waals surface area contributed by atoms with E-state index in [-0.39, 0.29) is 11.9 Å². The molecule has 1 rings (SSSR count). The monoisotopic (exact) mass is 224 g/mol. The fourth-order valence-electron chi connectivity index (χ4n) is 1.59. The number of aromatic amines is 1. The summed E-state index contributed by atoms with van der Waals surface area (Å²) >= 11 is 0. The van der Waals surface area contributed by atoms with E-state index in [9.17, 15) is 4.79 Å². The van der Waals surface area contributed by atoms with Gasteiger partial charge in [-0.1, -0.05) is 20.3 Å². The van der Waals surface area contributed by atoms with Crippen molar-refractivity contribution in [3.8, 4) is 0 Å².